The number of aliphatic carboxylic acids is 1. The molecule has 0 aromatic carbocycles. The summed E-state index contributed by atoms with van der Waals surface area (Å²) in [4.78, 5) is 24.4. The summed E-state index contributed by atoms with van der Waals surface area (Å²) in [7, 11) is -3.23. The van der Waals surface area contributed by atoms with Crippen LogP contribution in [-0.2, 0) is 19.4 Å². The summed E-state index contributed by atoms with van der Waals surface area (Å²) in [6.45, 7) is 1.48. The van der Waals surface area contributed by atoms with Gasteiger partial charge in [0, 0.05) is 0 Å². The molecule has 22 heavy (non-hydrogen) atoms. The smallest absolute Gasteiger partial charge is 0.543 e. The van der Waals surface area contributed by atoms with Gasteiger partial charge in [-0.3, -0.25) is 4.79 Å². The molecule has 3 aliphatic heterocycles. The van der Waals surface area contributed by atoms with Gasteiger partial charge in [0.1, 0.15) is 0 Å². The molecule has 0 saturated carbocycles. The van der Waals surface area contributed by atoms with E-state index in [-0.39, 0.29) is 53.2 Å². The quantitative estimate of drug-likeness (QED) is 0.408. The Kier molecular flexibility index (Phi) is 4.63. The van der Waals surface area contributed by atoms with Gasteiger partial charge in [0.2, 0.25) is 5.91 Å². The van der Waals surface area contributed by atoms with E-state index in [1.54, 1.807) is 0 Å². The predicted molar refractivity (Wildman–Crippen MR) is 69.2 cm³/mol. The van der Waals surface area contributed by atoms with E-state index in [4.69, 9.17) is 0 Å². The third-order valence-corrected chi connectivity index (χ3v) is 5.69. The van der Waals surface area contributed by atoms with E-state index in [0.717, 1.165) is 4.90 Å². The molecule has 3 atom stereocenters. The van der Waals surface area contributed by atoms with E-state index < -0.39 is 39.8 Å². The Bertz CT molecular complexity index is 708. The van der Waals surface area contributed by atoms with Crippen LogP contribution in [0.4, 0.5) is 0 Å². The molecule has 0 aromatic heterocycles. The number of carbonyl (C=O) groups excluding carboxylic acids is 2. The molecule has 3 heterocycles. The second-order valence-electron chi connectivity index (χ2n) is 5.64. The van der Waals surface area contributed by atoms with Gasteiger partial charge < -0.3 is 19.9 Å². The van der Waals surface area contributed by atoms with Crippen LogP contribution in [0.25, 0.3) is 0 Å². The van der Waals surface area contributed by atoms with Crippen molar-refractivity contribution in [2.24, 2.45) is 5.92 Å². The third-order valence-electron chi connectivity index (χ3n) is 4.27. The van der Waals surface area contributed by atoms with Gasteiger partial charge in [-0.2, -0.15) is 0 Å². The van der Waals surface area contributed by atoms with Crippen LogP contribution in [0.15, 0.2) is 22.9 Å². The molecule has 1 saturated heterocycles. The summed E-state index contributed by atoms with van der Waals surface area (Å²) in [5, 5.41) is 20.9. The second-order valence-corrected chi connectivity index (χ2v) is 7.75. The Morgan fingerprint density at radius 2 is 2.14 bits per heavy atom. The summed E-state index contributed by atoms with van der Waals surface area (Å²) >= 11 is 0. The van der Waals surface area contributed by atoms with Crippen molar-refractivity contribution in [3.8, 4) is 0 Å². The molecular weight excluding hydrogens is 321 g/mol. The number of aliphatic hydroxyl groups is 1. The number of amides is 1. The van der Waals surface area contributed by atoms with E-state index in [2.05, 4.69) is 0 Å². The number of carboxylic acids is 1. The molecule has 0 radical (unpaired) electrons. The van der Waals surface area contributed by atoms with Gasteiger partial charge in [-0.1, -0.05) is 6.08 Å². The summed E-state index contributed by atoms with van der Waals surface area (Å²) in [6, 6.07) is -0.426. The Hall–Kier alpha value is -0.670. The predicted octanol–water partition coefficient (Wildman–Crippen LogP) is -5.04. The van der Waals surface area contributed by atoms with Crippen LogP contribution < -0.4 is 34.7 Å². The zero-order valence-electron chi connectivity index (χ0n) is 12.3. The fourth-order valence-electron chi connectivity index (χ4n) is 3.34. The summed E-state index contributed by atoms with van der Waals surface area (Å²) < 4.78 is 23.1. The first kappa shape index (κ1) is 17.7. The average molecular weight is 335 g/mol. The Labute approximate surface area is 149 Å². The molecule has 3 aliphatic rings. The fourth-order valence-corrected chi connectivity index (χ4v) is 4.68. The standard InChI is InChI=1S/C13H15NO6S.Na/c1-6(15)10-9-4-8(7-2-3-21(19,20)5-7)11(13(17)18)14(9)12(10)16;/h2,6,9-10,15H,3-5H2,1H3,(H,17,18);/q;+1/p-1/t6-,9-,10-;/m1./s1. The van der Waals surface area contributed by atoms with Crippen LogP contribution in [-0.4, -0.2) is 54.0 Å². The Morgan fingerprint density at radius 1 is 1.50 bits per heavy atom. The maximum atomic E-state index is 12.0. The molecule has 0 spiro atoms. The van der Waals surface area contributed by atoms with E-state index in [9.17, 15) is 28.2 Å². The first-order chi connectivity index (χ1) is 9.73. The molecule has 114 valence electrons. The van der Waals surface area contributed by atoms with Crippen LogP contribution in [0.5, 0.6) is 0 Å². The molecule has 1 N–H and O–H groups in total. The van der Waals surface area contributed by atoms with Crippen molar-refractivity contribution in [2.45, 2.75) is 25.5 Å². The Morgan fingerprint density at radius 3 is 2.59 bits per heavy atom. The van der Waals surface area contributed by atoms with E-state index in [1.807, 2.05) is 0 Å². The minimum atomic E-state index is -3.23. The molecule has 9 heteroatoms. The van der Waals surface area contributed by atoms with Crippen molar-refractivity contribution in [1.29, 1.82) is 0 Å². The monoisotopic (exact) mass is 335 g/mol. The van der Waals surface area contributed by atoms with Crippen LogP contribution in [0.2, 0.25) is 0 Å². The zero-order chi connectivity index (χ0) is 15.5. The molecular formula is C13H14NNaO6S. The maximum Gasteiger partial charge on any atom is 1.00 e. The van der Waals surface area contributed by atoms with Crippen molar-refractivity contribution in [2.75, 3.05) is 11.5 Å². The average Bonchev–Trinajstić information content (AvgIpc) is 2.86. The molecule has 0 unspecified atom stereocenters. The van der Waals surface area contributed by atoms with Gasteiger partial charge in [-0.25, -0.2) is 8.42 Å². The molecule has 7 nitrogen and oxygen atoms in total. The summed E-state index contributed by atoms with van der Waals surface area (Å²) in [6.07, 6.45) is 0.857. The van der Waals surface area contributed by atoms with Crippen molar-refractivity contribution in [3.05, 3.63) is 22.9 Å². The molecule has 1 fully saturated rings. The molecule has 3 rings (SSSR count). The third kappa shape index (κ3) is 2.56. The van der Waals surface area contributed by atoms with Crippen molar-refractivity contribution in [1.82, 2.24) is 4.90 Å². The molecule has 1 amide bonds. The first-order valence-electron chi connectivity index (χ1n) is 6.58. The van der Waals surface area contributed by atoms with Crippen LogP contribution in [0, 0.1) is 5.92 Å². The number of carbonyl (C=O) groups is 2. The normalized spacial score (nSPS) is 30.4. The van der Waals surface area contributed by atoms with Gasteiger partial charge in [-0.15, -0.1) is 0 Å². The van der Waals surface area contributed by atoms with Gasteiger partial charge in [0.15, 0.2) is 9.84 Å². The van der Waals surface area contributed by atoms with Crippen LogP contribution in [0.3, 0.4) is 0 Å². The van der Waals surface area contributed by atoms with Crippen LogP contribution >= 0.6 is 0 Å². The van der Waals surface area contributed by atoms with Gasteiger partial charge >= 0.3 is 29.6 Å². The number of hydrogen-bond donors (Lipinski definition) is 1. The van der Waals surface area contributed by atoms with Crippen LogP contribution in [0.1, 0.15) is 13.3 Å². The number of fused-ring (bicyclic) bond motifs is 1. The topological polar surface area (TPSA) is 115 Å². The van der Waals surface area contributed by atoms with Gasteiger partial charge in [0.25, 0.3) is 0 Å². The number of hydrogen-bond acceptors (Lipinski definition) is 6. The van der Waals surface area contributed by atoms with Gasteiger partial charge in [-0.05, 0) is 24.5 Å². The van der Waals surface area contributed by atoms with E-state index >= 15 is 0 Å². The minimum absolute atomic E-state index is 0. The molecule has 0 aliphatic carbocycles. The van der Waals surface area contributed by atoms with Crippen molar-refractivity contribution in [3.63, 3.8) is 0 Å². The number of β-lactam (4-membered cyclic amide) rings is 1. The number of nitrogens with zero attached hydrogens (tertiary/aromatic N) is 1. The van der Waals surface area contributed by atoms with Crippen molar-refractivity contribution < 1.29 is 57.8 Å². The number of sulfone groups is 1. The number of rotatable bonds is 3. The maximum absolute atomic E-state index is 12.0. The van der Waals surface area contributed by atoms with E-state index in [0.29, 0.717) is 11.1 Å². The largest absolute Gasteiger partial charge is 1.00 e. The molecule has 0 bridgehead atoms. The number of carboxylic acid groups (broad SMARTS) is 1. The van der Waals surface area contributed by atoms with Gasteiger partial charge in [0.05, 0.1) is 41.2 Å². The zero-order valence-corrected chi connectivity index (χ0v) is 15.1. The fraction of sp³-hybridized carbons (Fsp3) is 0.538. The van der Waals surface area contributed by atoms with Crippen molar-refractivity contribution >= 4 is 21.7 Å². The number of aliphatic hydroxyl groups excluding tert-OH is 1. The van der Waals surface area contributed by atoms with E-state index in [1.165, 1.54) is 13.0 Å². The first-order valence-corrected chi connectivity index (χ1v) is 8.40. The Balaban J connectivity index is 0.00000176. The summed E-state index contributed by atoms with van der Waals surface area (Å²) in [5.74, 6) is -2.92. The minimum Gasteiger partial charge on any atom is -0.543 e. The second kappa shape index (κ2) is 5.76. The summed E-state index contributed by atoms with van der Waals surface area (Å²) in [5.41, 5.74) is 0.531. The molecule has 0 aromatic rings. The SMILES string of the molecule is C[C@@H](O)[C@H]1C(=O)N2C(C(=O)[O-])=C(C3=CCS(=O)(=O)C3)C[C@H]12.[Na+].